The second-order valence-corrected chi connectivity index (χ2v) is 9.30. The molecule has 0 N–H and O–H groups in total. The van der Waals surface area contributed by atoms with Crippen LogP contribution in [-0.2, 0) is 21.4 Å². The van der Waals surface area contributed by atoms with Gasteiger partial charge in [0.15, 0.2) is 11.6 Å². The lowest BCUT2D eigenvalue weighted by atomic mass is 10.2. The number of hydrogen-bond acceptors (Lipinski definition) is 5. The van der Waals surface area contributed by atoms with Gasteiger partial charge in [0, 0.05) is 33.6 Å². The van der Waals surface area contributed by atoms with E-state index in [9.17, 15) is 17.6 Å². The number of benzene rings is 1. The van der Waals surface area contributed by atoms with E-state index in [-0.39, 0.29) is 35.4 Å². The first-order chi connectivity index (χ1) is 12.8. The quantitative estimate of drug-likeness (QED) is 0.633. The molecule has 0 saturated carbocycles. The van der Waals surface area contributed by atoms with Crippen LogP contribution in [0.4, 0.5) is 4.39 Å². The van der Waals surface area contributed by atoms with Crippen molar-refractivity contribution in [1.82, 2.24) is 9.21 Å². The summed E-state index contributed by atoms with van der Waals surface area (Å²) in [6, 6.07) is 7.81. The normalized spacial score (nSPS) is 11.6. The maximum atomic E-state index is 13.7. The molecule has 0 aliphatic rings. The zero-order valence-corrected chi connectivity index (χ0v) is 17.1. The number of halogens is 1. The predicted molar refractivity (Wildman–Crippen MR) is 103 cm³/mol. The molecule has 0 saturated heterocycles. The zero-order valence-electron chi connectivity index (χ0n) is 15.5. The van der Waals surface area contributed by atoms with Crippen molar-refractivity contribution < 1.29 is 22.3 Å². The summed E-state index contributed by atoms with van der Waals surface area (Å²) >= 11 is 1.16. The Bertz CT molecular complexity index is 869. The maximum absolute atomic E-state index is 13.7. The summed E-state index contributed by atoms with van der Waals surface area (Å²) in [4.78, 5) is 13.8. The fourth-order valence-electron chi connectivity index (χ4n) is 2.50. The summed E-state index contributed by atoms with van der Waals surface area (Å²) in [5, 5.41) is 1.71. The Hall–Kier alpha value is -1.97. The number of rotatable bonds is 9. The third-order valence-electron chi connectivity index (χ3n) is 4.08. The Labute approximate surface area is 163 Å². The van der Waals surface area contributed by atoms with E-state index >= 15 is 0 Å². The first-order valence-corrected chi connectivity index (χ1v) is 10.6. The van der Waals surface area contributed by atoms with Gasteiger partial charge in [-0.25, -0.2) is 17.1 Å². The van der Waals surface area contributed by atoms with Crippen LogP contribution < -0.4 is 4.74 Å². The first kappa shape index (κ1) is 21.3. The number of sulfonamides is 1. The second-order valence-electron chi connectivity index (χ2n) is 6.08. The average Bonchev–Trinajstić information content (AvgIpc) is 3.17. The lowest BCUT2D eigenvalue weighted by Crippen LogP contribution is -2.30. The summed E-state index contributed by atoms with van der Waals surface area (Å²) in [6.07, 6.45) is 0.612. The molecular weight excluding hydrogens is 391 g/mol. The van der Waals surface area contributed by atoms with Gasteiger partial charge in [-0.2, -0.15) is 0 Å². The van der Waals surface area contributed by atoms with E-state index < -0.39 is 15.8 Å². The van der Waals surface area contributed by atoms with E-state index in [1.165, 1.54) is 35.5 Å². The highest BCUT2D eigenvalue weighted by Crippen LogP contribution is 2.21. The maximum Gasteiger partial charge on any atom is 0.252 e. The van der Waals surface area contributed by atoms with Crippen LogP contribution in [0.15, 0.2) is 39.9 Å². The number of amides is 1. The van der Waals surface area contributed by atoms with E-state index in [0.717, 1.165) is 11.3 Å². The molecule has 1 amide bonds. The number of thiophene rings is 1. The zero-order chi connectivity index (χ0) is 20.0. The van der Waals surface area contributed by atoms with Gasteiger partial charge in [0.05, 0.1) is 7.11 Å². The van der Waals surface area contributed by atoms with Crippen molar-refractivity contribution in [3.63, 3.8) is 0 Å². The summed E-state index contributed by atoms with van der Waals surface area (Å²) in [5.74, 6) is -0.452. The van der Waals surface area contributed by atoms with Crippen molar-refractivity contribution in [3.8, 4) is 5.75 Å². The van der Waals surface area contributed by atoms with Crippen LogP contribution in [0, 0.1) is 5.82 Å². The fraction of sp³-hybridized carbons (Fsp3) is 0.389. The first-order valence-electron chi connectivity index (χ1n) is 8.32. The molecule has 2 rings (SSSR count). The van der Waals surface area contributed by atoms with E-state index in [1.54, 1.807) is 30.6 Å². The second kappa shape index (κ2) is 9.29. The van der Waals surface area contributed by atoms with Gasteiger partial charge in [-0.15, -0.1) is 11.3 Å². The Morgan fingerprint density at radius 1 is 1.26 bits per heavy atom. The standard InChI is InChI=1S/C18H23FN2O4S2/c1-20(13-14-8-9-16(25-3)15(19)12-14)17(22)6-4-10-21(2)27(23,24)18-7-5-11-26-18/h5,7-9,11-12H,4,6,10,13H2,1-3H3. The number of carbonyl (C=O) groups is 1. The van der Waals surface area contributed by atoms with Crippen LogP contribution in [0.3, 0.4) is 0 Å². The molecule has 0 unspecified atom stereocenters. The van der Waals surface area contributed by atoms with Gasteiger partial charge in [-0.3, -0.25) is 4.79 Å². The lowest BCUT2D eigenvalue weighted by molar-refractivity contribution is -0.130. The molecule has 1 aromatic heterocycles. The van der Waals surface area contributed by atoms with Gasteiger partial charge in [0.2, 0.25) is 5.91 Å². The molecule has 0 radical (unpaired) electrons. The number of methoxy groups -OCH3 is 1. The van der Waals surface area contributed by atoms with Crippen LogP contribution in [0.5, 0.6) is 5.75 Å². The fourth-order valence-corrected chi connectivity index (χ4v) is 4.91. The Balaban J connectivity index is 1.83. The Kier molecular flexibility index (Phi) is 7.34. The monoisotopic (exact) mass is 414 g/mol. The van der Waals surface area contributed by atoms with Crippen molar-refractivity contribution in [3.05, 3.63) is 47.1 Å². The van der Waals surface area contributed by atoms with Crippen LogP contribution in [0.1, 0.15) is 18.4 Å². The smallest absolute Gasteiger partial charge is 0.252 e. The van der Waals surface area contributed by atoms with E-state index in [0.29, 0.717) is 12.0 Å². The molecule has 1 aromatic carbocycles. The van der Waals surface area contributed by atoms with E-state index in [2.05, 4.69) is 0 Å². The number of hydrogen-bond donors (Lipinski definition) is 0. The van der Waals surface area contributed by atoms with Crippen LogP contribution in [-0.4, -0.2) is 51.3 Å². The summed E-state index contributed by atoms with van der Waals surface area (Å²) < 4.78 is 44.8. The minimum absolute atomic E-state index is 0.131. The molecule has 148 valence electrons. The number of ether oxygens (including phenoxy) is 1. The molecular formula is C18H23FN2O4S2. The van der Waals surface area contributed by atoms with Crippen molar-refractivity contribution in [2.45, 2.75) is 23.6 Å². The van der Waals surface area contributed by atoms with Crippen molar-refractivity contribution >= 4 is 27.3 Å². The third-order valence-corrected chi connectivity index (χ3v) is 7.31. The lowest BCUT2D eigenvalue weighted by Gasteiger charge is -2.19. The van der Waals surface area contributed by atoms with Gasteiger partial charge in [-0.05, 0) is 35.6 Å². The molecule has 2 aromatic rings. The summed E-state index contributed by atoms with van der Waals surface area (Å²) in [6.45, 7) is 0.514. The highest BCUT2D eigenvalue weighted by molar-refractivity contribution is 7.91. The van der Waals surface area contributed by atoms with Gasteiger partial charge in [0.25, 0.3) is 10.0 Å². The SMILES string of the molecule is COc1ccc(CN(C)C(=O)CCCN(C)S(=O)(=O)c2cccs2)cc1F. The molecule has 0 fully saturated rings. The molecule has 0 aliphatic carbocycles. The van der Waals surface area contributed by atoms with Gasteiger partial charge in [0.1, 0.15) is 4.21 Å². The van der Waals surface area contributed by atoms with Gasteiger partial charge >= 0.3 is 0 Å². The van der Waals surface area contributed by atoms with Crippen LogP contribution >= 0.6 is 11.3 Å². The molecule has 6 nitrogen and oxygen atoms in total. The molecule has 27 heavy (non-hydrogen) atoms. The molecule has 0 bridgehead atoms. The topological polar surface area (TPSA) is 66.9 Å². The van der Waals surface area contributed by atoms with Crippen LogP contribution in [0.2, 0.25) is 0 Å². The summed E-state index contributed by atoms with van der Waals surface area (Å²) in [7, 11) is 1.03. The van der Waals surface area contributed by atoms with E-state index in [4.69, 9.17) is 4.74 Å². The predicted octanol–water partition coefficient (Wildman–Crippen LogP) is 2.96. The van der Waals surface area contributed by atoms with E-state index in [1.807, 2.05) is 0 Å². The number of carbonyl (C=O) groups excluding carboxylic acids is 1. The molecule has 0 spiro atoms. The number of nitrogens with zero attached hydrogens (tertiary/aromatic N) is 2. The van der Waals surface area contributed by atoms with Crippen molar-refractivity contribution in [2.75, 3.05) is 27.7 Å². The molecule has 9 heteroatoms. The van der Waals surface area contributed by atoms with Crippen molar-refractivity contribution in [2.24, 2.45) is 0 Å². The van der Waals surface area contributed by atoms with Gasteiger partial charge in [-0.1, -0.05) is 12.1 Å². The highest BCUT2D eigenvalue weighted by atomic mass is 32.2. The third kappa shape index (κ3) is 5.50. The molecule has 1 heterocycles. The molecule has 0 aliphatic heterocycles. The Morgan fingerprint density at radius 2 is 2.00 bits per heavy atom. The highest BCUT2D eigenvalue weighted by Gasteiger charge is 2.21. The van der Waals surface area contributed by atoms with Gasteiger partial charge < -0.3 is 9.64 Å². The Morgan fingerprint density at radius 3 is 2.59 bits per heavy atom. The van der Waals surface area contributed by atoms with Crippen molar-refractivity contribution in [1.29, 1.82) is 0 Å². The summed E-state index contributed by atoms with van der Waals surface area (Å²) in [5.41, 5.74) is 0.654. The average molecular weight is 415 g/mol. The minimum Gasteiger partial charge on any atom is -0.494 e. The minimum atomic E-state index is -3.50. The largest absolute Gasteiger partial charge is 0.494 e. The van der Waals surface area contributed by atoms with Crippen LogP contribution in [0.25, 0.3) is 0 Å². The molecule has 0 atom stereocenters.